The van der Waals surface area contributed by atoms with Crippen molar-refractivity contribution in [1.29, 1.82) is 0 Å². The first-order valence-electron chi connectivity index (χ1n) is 5.75. The van der Waals surface area contributed by atoms with Crippen molar-refractivity contribution in [1.82, 2.24) is 5.32 Å². The average molecular weight is 255 g/mol. The van der Waals surface area contributed by atoms with E-state index in [2.05, 4.69) is 5.32 Å². The highest BCUT2D eigenvalue weighted by Crippen LogP contribution is 2.12. The van der Waals surface area contributed by atoms with Crippen LogP contribution in [0.15, 0.2) is 29.2 Å². The molecule has 1 aromatic carbocycles. The minimum Gasteiger partial charge on any atom is -0.311 e. The maximum Gasteiger partial charge on any atom is 0.179 e. The van der Waals surface area contributed by atoms with Gasteiger partial charge >= 0.3 is 0 Å². The molecular weight excluding hydrogens is 234 g/mol. The maximum absolute atomic E-state index is 12.0. The molecule has 0 saturated carbocycles. The molecule has 1 N–H and O–H groups in total. The van der Waals surface area contributed by atoms with Crippen molar-refractivity contribution in [2.24, 2.45) is 0 Å². The SMILES string of the molecule is Cc1cccc(S(=O)(=O)CCNC(C)(C)C)c1. The molecule has 4 heteroatoms. The van der Waals surface area contributed by atoms with Crippen molar-refractivity contribution in [3.63, 3.8) is 0 Å². The number of benzene rings is 1. The molecule has 0 bridgehead atoms. The average Bonchev–Trinajstić information content (AvgIpc) is 2.15. The van der Waals surface area contributed by atoms with E-state index in [1.54, 1.807) is 18.2 Å². The predicted octanol–water partition coefficient (Wildman–Crippen LogP) is 2.16. The number of nitrogens with one attached hydrogen (secondary N) is 1. The lowest BCUT2D eigenvalue weighted by molar-refractivity contribution is 0.438. The van der Waals surface area contributed by atoms with E-state index >= 15 is 0 Å². The summed E-state index contributed by atoms with van der Waals surface area (Å²) in [5, 5.41) is 3.18. The van der Waals surface area contributed by atoms with E-state index in [9.17, 15) is 8.42 Å². The van der Waals surface area contributed by atoms with Crippen LogP contribution in [0, 0.1) is 6.92 Å². The number of sulfone groups is 1. The number of hydrogen-bond acceptors (Lipinski definition) is 3. The first-order valence-corrected chi connectivity index (χ1v) is 7.40. The molecule has 0 aliphatic rings. The summed E-state index contributed by atoms with van der Waals surface area (Å²) in [4.78, 5) is 0.410. The van der Waals surface area contributed by atoms with E-state index in [4.69, 9.17) is 0 Å². The molecule has 0 spiro atoms. The van der Waals surface area contributed by atoms with Crippen LogP contribution in [-0.4, -0.2) is 26.3 Å². The fourth-order valence-corrected chi connectivity index (χ4v) is 2.74. The van der Waals surface area contributed by atoms with Crippen LogP contribution < -0.4 is 5.32 Å². The molecule has 0 aliphatic heterocycles. The van der Waals surface area contributed by atoms with Gasteiger partial charge in [0.15, 0.2) is 9.84 Å². The zero-order valence-electron chi connectivity index (χ0n) is 10.9. The van der Waals surface area contributed by atoms with Crippen LogP contribution in [0.5, 0.6) is 0 Å². The Kier molecular flexibility index (Phi) is 4.33. The van der Waals surface area contributed by atoms with Crippen LogP contribution in [0.3, 0.4) is 0 Å². The molecule has 1 aromatic rings. The quantitative estimate of drug-likeness (QED) is 0.896. The Morgan fingerprint density at radius 1 is 1.24 bits per heavy atom. The van der Waals surface area contributed by atoms with E-state index in [1.807, 2.05) is 33.8 Å². The summed E-state index contributed by atoms with van der Waals surface area (Å²) < 4.78 is 24.1. The molecular formula is C13H21NO2S. The molecule has 0 heterocycles. The van der Waals surface area contributed by atoms with Crippen LogP contribution >= 0.6 is 0 Å². The van der Waals surface area contributed by atoms with Crippen LogP contribution in [0.25, 0.3) is 0 Å². The number of aryl methyl sites for hydroxylation is 1. The third-order valence-electron chi connectivity index (χ3n) is 2.37. The maximum atomic E-state index is 12.0. The Balaban J connectivity index is 2.70. The molecule has 0 aliphatic carbocycles. The monoisotopic (exact) mass is 255 g/mol. The highest BCUT2D eigenvalue weighted by molar-refractivity contribution is 7.91. The lowest BCUT2D eigenvalue weighted by Gasteiger charge is -2.20. The minimum atomic E-state index is -3.17. The minimum absolute atomic E-state index is 0.0534. The molecule has 0 aromatic heterocycles. The van der Waals surface area contributed by atoms with Gasteiger partial charge in [-0.3, -0.25) is 0 Å². The van der Waals surface area contributed by atoms with Crippen LogP contribution in [0.1, 0.15) is 26.3 Å². The molecule has 0 unspecified atom stereocenters. The van der Waals surface area contributed by atoms with Crippen molar-refractivity contribution >= 4 is 9.84 Å². The standard InChI is InChI=1S/C13H21NO2S/c1-11-6-5-7-12(10-11)17(15,16)9-8-14-13(2,3)4/h5-7,10,14H,8-9H2,1-4H3. The van der Waals surface area contributed by atoms with Gasteiger partial charge in [-0.2, -0.15) is 0 Å². The van der Waals surface area contributed by atoms with Gasteiger partial charge in [-0.25, -0.2) is 8.42 Å². The predicted molar refractivity (Wildman–Crippen MR) is 71.0 cm³/mol. The van der Waals surface area contributed by atoms with Gasteiger partial charge in [0, 0.05) is 12.1 Å². The molecule has 0 atom stereocenters. The normalized spacial score (nSPS) is 12.7. The second kappa shape index (κ2) is 5.19. The van der Waals surface area contributed by atoms with Crippen molar-refractivity contribution in [2.45, 2.75) is 38.1 Å². The topological polar surface area (TPSA) is 46.2 Å². The Hall–Kier alpha value is -0.870. The van der Waals surface area contributed by atoms with E-state index in [0.29, 0.717) is 11.4 Å². The Morgan fingerprint density at radius 3 is 2.41 bits per heavy atom. The highest BCUT2D eigenvalue weighted by Gasteiger charge is 2.16. The van der Waals surface area contributed by atoms with Gasteiger partial charge in [0.1, 0.15) is 0 Å². The lowest BCUT2D eigenvalue weighted by Crippen LogP contribution is -2.38. The third kappa shape index (κ3) is 4.88. The zero-order valence-corrected chi connectivity index (χ0v) is 11.8. The van der Waals surface area contributed by atoms with Gasteiger partial charge in [0.25, 0.3) is 0 Å². The number of rotatable bonds is 4. The Bertz CT molecular complexity index is 472. The highest BCUT2D eigenvalue weighted by atomic mass is 32.2. The van der Waals surface area contributed by atoms with Gasteiger partial charge in [0.2, 0.25) is 0 Å². The fraction of sp³-hybridized carbons (Fsp3) is 0.538. The first-order chi connectivity index (χ1) is 7.71. The summed E-state index contributed by atoms with van der Waals surface area (Å²) in [6, 6.07) is 7.04. The summed E-state index contributed by atoms with van der Waals surface area (Å²) in [5.74, 6) is 0.133. The van der Waals surface area contributed by atoms with Crippen LogP contribution in [0.4, 0.5) is 0 Å². The summed E-state index contributed by atoms with van der Waals surface area (Å²) in [7, 11) is -3.17. The second-order valence-corrected chi connectivity index (χ2v) is 7.42. The van der Waals surface area contributed by atoms with Crippen molar-refractivity contribution in [2.75, 3.05) is 12.3 Å². The molecule has 3 nitrogen and oxygen atoms in total. The van der Waals surface area contributed by atoms with E-state index in [1.165, 1.54) is 0 Å². The number of hydrogen-bond donors (Lipinski definition) is 1. The molecule has 1 rings (SSSR count). The fourth-order valence-electron chi connectivity index (χ4n) is 1.49. The summed E-state index contributed by atoms with van der Waals surface area (Å²) in [6.07, 6.45) is 0. The molecule has 0 radical (unpaired) electrons. The lowest BCUT2D eigenvalue weighted by atomic mass is 10.1. The summed E-state index contributed by atoms with van der Waals surface area (Å²) >= 11 is 0. The molecule has 96 valence electrons. The second-order valence-electron chi connectivity index (χ2n) is 5.31. The Morgan fingerprint density at radius 2 is 1.88 bits per heavy atom. The van der Waals surface area contributed by atoms with Gasteiger partial charge < -0.3 is 5.32 Å². The third-order valence-corrected chi connectivity index (χ3v) is 4.09. The first kappa shape index (κ1) is 14.2. The Labute approximate surface area is 104 Å². The van der Waals surface area contributed by atoms with E-state index in [0.717, 1.165) is 5.56 Å². The van der Waals surface area contributed by atoms with E-state index in [-0.39, 0.29) is 11.3 Å². The van der Waals surface area contributed by atoms with Gasteiger partial charge in [-0.1, -0.05) is 12.1 Å². The van der Waals surface area contributed by atoms with Gasteiger partial charge in [-0.05, 0) is 45.4 Å². The van der Waals surface area contributed by atoms with Gasteiger partial charge in [0.05, 0.1) is 10.6 Å². The van der Waals surface area contributed by atoms with E-state index < -0.39 is 9.84 Å². The van der Waals surface area contributed by atoms with Crippen molar-refractivity contribution in [3.8, 4) is 0 Å². The van der Waals surface area contributed by atoms with Crippen LogP contribution in [-0.2, 0) is 9.84 Å². The van der Waals surface area contributed by atoms with Crippen molar-refractivity contribution < 1.29 is 8.42 Å². The summed E-state index contributed by atoms with van der Waals surface area (Å²) in [5.41, 5.74) is 0.914. The molecule has 0 saturated heterocycles. The summed E-state index contributed by atoms with van der Waals surface area (Å²) in [6.45, 7) is 8.43. The van der Waals surface area contributed by atoms with Gasteiger partial charge in [-0.15, -0.1) is 0 Å². The zero-order chi connectivity index (χ0) is 13.1. The largest absolute Gasteiger partial charge is 0.311 e. The molecule has 0 amide bonds. The molecule has 0 fully saturated rings. The smallest absolute Gasteiger partial charge is 0.179 e. The molecule has 17 heavy (non-hydrogen) atoms. The van der Waals surface area contributed by atoms with Crippen molar-refractivity contribution in [3.05, 3.63) is 29.8 Å². The van der Waals surface area contributed by atoms with Crippen LogP contribution in [0.2, 0.25) is 0 Å².